The van der Waals surface area contributed by atoms with E-state index in [1.165, 1.54) is 0 Å². The van der Waals surface area contributed by atoms with Crippen molar-refractivity contribution in [2.75, 3.05) is 11.4 Å². The number of carbonyl (C=O) groups is 1. The summed E-state index contributed by atoms with van der Waals surface area (Å²) in [5.74, 6) is -0.728. The van der Waals surface area contributed by atoms with Crippen LogP contribution in [0.5, 0.6) is 0 Å². The van der Waals surface area contributed by atoms with Gasteiger partial charge in [-0.1, -0.05) is 12.8 Å². The summed E-state index contributed by atoms with van der Waals surface area (Å²) in [7, 11) is 0. The van der Waals surface area contributed by atoms with Crippen LogP contribution in [0.1, 0.15) is 25.7 Å². The number of hydrogen-bond donors (Lipinski definition) is 1. The molecular weight excluding hydrogens is 252 g/mol. The number of rotatable bonds is 5. The van der Waals surface area contributed by atoms with Gasteiger partial charge < -0.3 is 10.0 Å². The first-order chi connectivity index (χ1) is 9.08. The molecule has 0 amide bonds. The van der Waals surface area contributed by atoms with Gasteiger partial charge in [0.25, 0.3) is 0 Å². The van der Waals surface area contributed by atoms with Crippen molar-refractivity contribution in [2.45, 2.75) is 31.7 Å². The molecule has 1 aromatic heterocycles. The summed E-state index contributed by atoms with van der Waals surface area (Å²) in [6, 6.07) is 0.0950. The van der Waals surface area contributed by atoms with Gasteiger partial charge in [0.15, 0.2) is 0 Å². The normalized spacial score (nSPS) is 15.4. The lowest BCUT2D eigenvalue weighted by atomic mass is 10.2. The first-order valence-electron chi connectivity index (χ1n) is 6.03. The fourth-order valence-corrected chi connectivity index (χ4v) is 2.28. The van der Waals surface area contributed by atoms with Gasteiger partial charge in [-0.15, -0.1) is 0 Å². The molecule has 0 aromatic carbocycles. The van der Waals surface area contributed by atoms with E-state index in [9.17, 15) is 14.9 Å². The molecule has 1 saturated carbocycles. The van der Waals surface area contributed by atoms with E-state index in [1.807, 2.05) is 0 Å². The van der Waals surface area contributed by atoms with Gasteiger partial charge in [0.05, 0.1) is 4.92 Å². The summed E-state index contributed by atoms with van der Waals surface area (Å²) in [5.41, 5.74) is -0.203. The van der Waals surface area contributed by atoms with Crippen LogP contribution >= 0.6 is 0 Å². The van der Waals surface area contributed by atoms with Crippen LogP contribution in [-0.2, 0) is 4.79 Å². The van der Waals surface area contributed by atoms with E-state index in [1.54, 1.807) is 4.90 Å². The Kier molecular flexibility index (Phi) is 3.88. The molecule has 8 nitrogen and oxygen atoms in total. The van der Waals surface area contributed by atoms with Crippen molar-refractivity contribution in [1.29, 1.82) is 0 Å². The maximum absolute atomic E-state index is 10.9. The third-order valence-corrected chi connectivity index (χ3v) is 3.16. The Morgan fingerprint density at radius 3 is 2.47 bits per heavy atom. The summed E-state index contributed by atoms with van der Waals surface area (Å²) in [6.45, 7) is -0.192. The number of aromatic nitrogens is 2. The average molecular weight is 266 g/mol. The van der Waals surface area contributed by atoms with Crippen molar-refractivity contribution < 1.29 is 14.8 Å². The minimum Gasteiger partial charge on any atom is -0.480 e. The molecule has 8 heteroatoms. The lowest BCUT2D eigenvalue weighted by Crippen LogP contribution is -2.38. The van der Waals surface area contributed by atoms with Gasteiger partial charge in [-0.05, 0) is 12.8 Å². The molecule has 1 fully saturated rings. The highest BCUT2D eigenvalue weighted by atomic mass is 16.6. The molecule has 2 rings (SSSR count). The lowest BCUT2D eigenvalue weighted by molar-refractivity contribution is -0.385. The van der Waals surface area contributed by atoms with Crippen molar-refractivity contribution in [3.63, 3.8) is 0 Å². The van der Waals surface area contributed by atoms with Crippen molar-refractivity contribution in [3.8, 4) is 0 Å². The number of nitrogens with zero attached hydrogens (tertiary/aromatic N) is 4. The Morgan fingerprint density at radius 1 is 1.42 bits per heavy atom. The summed E-state index contributed by atoms with van der Waals surface area (Å²) >= 11 is 0. The summed E-state index contributed by atoms with van der Waals surface area (Å²) in [5, 5.41) is 19.5. The first-order valence-corrected chi connectivity index (χ1v) is 6.03. The molecule has 1 heterocycles. The first kappa shape index (κ1) is 13.2. The number of anilines is 1. The highest BCUT2D eigenvalue weighted by Crippen LogP contribution is 2.26. The largest absolute Gasteiger partial charge is 0.480 e. The molecule has 19 heavy (non-hydrogen) atoms. The van der Waals surface area contributed by atoms with E-state index < -0.39 is 10.9 Å². The third kappa shape index (κ3) is 3.15. The van der Waals surface area contributed by atoms with E-state index in [2.05, 4.69) is 9.97 Å². The van der Waals surface area contributed by atoms with Crippen molar-refractivity contribution in [1.82, 2.24) is 9.97 Å². The molecule has 0 saturated heterocycles. The molecule has 102 valence electrons. The Hall–Kier alpha value is -2.25. The minimum atomic E-state index is -0.964. The van der Waals surface area contributed by atoms with E-state index in [-0.39, 0.29) is 24.2 Å². The summed E-state index contributed by atoms with van der Waals surface area (Å²) in [6.07, 6.45) is 6.10. The zero-order chi connectivity index (χ0) is 13.8. The summed E-state index contributed by atoms with van der Waals surface area (Å²) < 4.78 is 0. The average Bonchev–Trinajstić information content (AvgIpc) is 2.89. The molecule has 0 unspecified atom stereocenters. The number of hydrogen-bond acceptors (Lipinski definition) is 6. The minimum absolute atomic E-state index is 0.0950. The van der Waals surface area contributed by atoms with Gasteiger partial charge in [0.1, 0.15) is 18.9 Å². The molecule has 1 aliphatic rings. The second kappa shape index (κ2) is 5.59. The van der Waals surface area contributed by atoms with E-state index in [0.717, 1.165) is 38.1 Å². The quantitative estimate of drug-likeness (QED) is 0.630. The fourth-order valence-electron chi connectivity index (χ4n) is 2.28. The lowest BCUT2D eigenvalue weighted by Gasteiger charge is -2.26. The van der Waals surface area contributed by atoms with E-state index in [0.29, 0.717) is 0 Å². The maximum atomic E-state index is 10.9. The Balaban J connectivity index is 2.21. The molecule has 1 aliphatic carbocycles. The Bertz CT molecular complexity index is 470. The predicted octanol–water partition coefficient (Wildman–Crippen LogP) is 1.22. The van der Waals surface area contributed by atoms with Crippen LogP contribution in [0, 0.1) is 10.1 Å². The van der Waals surface area contributed by atoms with Gasteiger partial charge in [0.2, 0.25) is 5.95 Å². The zero-order valence-corrected chi connectivity index (χ0v) is 10.2. The highest BCUT2D eigenvalue weighted by molar-refractivity contribution is 5.73. The Morgan fingerprint density at radius 2 is 2.00 bits per heavy atom. The SMILES string of the molecule is O=C(O)CN(c1ncc([N+](=O)[O-])cn1)C1CCCC1. The molecule has 0 spiro atoms. The van der Waals surface area contributed by atoms with Gasteiger partial charge in [-0.25, -0.2) is 9.97 Å². The van der Waals surface area contributed by atoms with Crippen LogP contribution < -0.4 is 4.90 Å². The van der Waals surface area contributed by atoms with Crippen LogP contribution in [0.25, 0.3) is 0 Å². The molecular formula is C11H14N4O4. The van der Waals surface area contributed by atoms with Gasteiger partial charge in [-0.3, -0.25) is 14.9 Å². The number of carboxylic acids is 1. The molecule has 0 atom stereocenters. The monoisotopic (exact) mass is 266 g/mol. The predicted molar refractivity (Wildman–Crippen MR) is 65.9 cm³/mol. The van der Waals surface area contributed by atoms with Gasteiger partial charge in [-0.2, -0.15) is 0 Å². The van der Waals surface area contributed by atoms with Crippen LogP contribution in [0.2, 0.25) is 0 Å². The highest BCUT2D eigenvalue weighted by Gasteiger charge is 2.26. The van der Waals surface area contributed by atoms with Gasteiger partial charge >= 0.3 is 11.7 Å². The number of nitro groups is 1. The molecule has 1 N–H and O–H groups in total. The van der Waals surface area contributed by atoms with Crippen LogP contribution in [0.4, 0.5) is 11.6 Å². The zero-order valence-electron chi connectivity index (χ0n) is 10.2. The van der Waals surface area contributed by atoms with Crippen molar-refractivity contribution in [2.24, 2.45) is 0 Å². The number of carboxylic acid groups (broad SMARTS) is 1. The molecule has 0 aliphatic heterocycles. The van der Waals surface area contributed by atoms with E-state index >= 15 is 0 Å². The molecule has 1 aromatic rings. The van der Waals surface area contributed by atoms with E-state index in [4.69, 9.17) is 5.11 Å². The smallest absolute Gasteiger partial charge is 0.323 e. The molecule has 0 bridgehead atoms. The summed E-state index contributed by atoms with van der Waals surface area (Å²) in [4.78, 5) is 30.3. The maximum Gasteiger partial charge on any atom is 0.323 e. The van der Waals surface area contributed by atoms with Crippen LogP contribution in [0.3, 0.4) is 0 Å². The van der Waals surface area contributed by atoms with Crippen LogP contribution in [-0.4, -0.2) is 38.6 Å². The Labute approximate surface area is 109 Å². The topological polar surface area (TPSA) is 109 Å². The standard InChI is InChI=1S/C11H14N4O4/c16-10(17)7-14(8-3-1-2-4-8)11-12-5-9(6-13-11)15(18)19/h5-6,8H,1-4,7H2,(H,16,17). The second-order valence-electron chi connectivity index (χ2n) is 4.46. The van der Waals surface area contributed by atoms with Crippen molar-refractivity contribution >= 4 is 17.6 Å². The van der Waals surface area contributed by atoms with Crippen molar-refractivity contribution in [3.05, 3.63) is 22.5 Å². The third-order valence-electron chi connectivity index (χ3n) is 3.16. The van der Waals surface area contributed by atoms with Gasteiger partial charge in [0, 0.05) is 6.04 Å². The van der Waals surface area contributed by atoms with Crippen LogP contribution in [0.15, 0.2) is 12.4 Å². The second-order valence-corrected chi connectivity index (χ2v) is 4.46. The number of aliphatic carboxylic acids is 1. The molecule has 0 radical (unpaired) electrons. The fraction of sp³-hybridized carbons (Fsp3) is 0.545.